The molecular formula is C18H39N3. The Morgan fingerprint density at radius 3 is 2.05 bits per heavy atom. The molecule has 1 heterocycles. The third-order valence-electron chi connectivity index (χ3n) is 5.36. The Hall–Kier alpha value is -0.120. The standard InChI is InChI=1S/C18H39N3/c1-9-18(10-2,13-19-17(4,5)6)14-21-11-15(3)16(12-21)20(7)8/h15-16,19H,9-14H2,1-8H3. The average Bonchev–Trinajstić information content (AvgIpc) is 2.74. The van der Waals surface area contributed by atoms with E-state index in [4.69, 9.17) is 0 Å². The largest absolute Gasteiger partial charge is 0.311 e. The molecule has 0 aromatic heterocycles. The molecule has 1 aliphatic heterocycles. The minimum Gasteiger partial charge on any atom is -0.311 e. The summed E-state index contributed by atoms with van der Waals surface area (Å²) in [5.74, 6) is 0.780. The summed E-state index contributed by atoms with van der Waals surface area (Å²) in [6.45, 7) is 18.8. The number of likely N-dealkylation sites (N-methyl/N-ethyl adjacent to an activating group) is 1. The summed E-state index contributed by atoms with van der Waals surface area (Å²) in [5.41, 5.74) is 0.619. The van der Waals surface area contributed by atoms with Crippen LogP contribution in [-0.2, 0) is 0 Å². The van der Waals surface area contributed by atoms with E-state index in [-0.39, 0.29) is 5.54 Å². The minimum absolute atomic E-state index is 0.208. The van der Waals surface area contributed by atoms with Gasteiger partial charge in [-0.2, -0.15) is 0 Å². The Bertz CT molecular complexity index is 302. The molecule has 126 valence electrons. The highest BCUT2D eigenvalue weighted by Crippen LogP contribution is 2.31. The van der Waals surface area contributed by atoms with Gasteiger partial charge in [-0.05, 0) is 59.0 Å². The Kier molecular flexibility index (Phi) is 6.70. The fourth-order valence-corrected chi connectivity index (χ4v) is 3.56. The molecule has 1 aliphatic rings. The topological polar surface area (TPSA) is 18.5 Å². The van der Waals surface area contributed by atoms with E-state index in [1.54, 1.807) is 0 Å². The third-order valence-corrected chi connectivity index (χ3v) is 5.36. The Morgan fingerprint density at radius 1 is 1.10 bits per heavy atom. The fraction of sp³-hybridized carbons (Fsp3) is 1.00. The SMILES string of the molecule is CCC(CC)(CNC(C)(C)C)CN1CC(C)C(N(C)C)C1. The summed E-state index contributed by atoms with van der Waals surface area (Å²) in [6.07, 6.45) is 2.51. The second kappa shape index (κ2) is 7.43. The Morgan fingerprint density at radius 2 is 1.67 bits per heavy atom. The number of nitrogens with one attached hydrogen (secondary N) is 1. The van der Waals surface area contributed by atoms with Crippen LogP contribution in [0, 0.1) is 11.3 Å². The number of nitrogens with zero attached hydrogens (tertiary/aromatic N) is 2. The first-order valence-electron chi connectivity index (χ1n) is 8.76. The van der Waals surface area contributed by atoms with Gasteiger partial charge >= 0.3 is 0 Å². The van der Waals surface area contributed by atoms with Gasteiger partial charge in [0.2, 0.25) is 0 Å². The van der Waals surface area contributed by atoms with Crippen LogP contribution in [0.1, 0.15) is 54.4 Å². The predicted octanol–water partition coefficient (Wildman–Crippen LogP) is 3.06. The summed E-state index contributed by atoms with van der Waals surface area (Å²) in [7, 11) is 4.44. The molecule has 0 aliphatic carbocycles. The zero-order chi connectivity index (χ0) is 16.3. The molecule has 3 heteroatoms. The fourth-order valence-electron chi connectivity index (χ4n) is 3.56. The zero-order valence-electron chi connectivity index (χ0n) is 15.8. The van der Waals surface area contributed by atoms with Crippen molar-refractivity contribution in [2.24, 2.45) is 11.3 Å². The molecule has 1 saturated heterocycles. The highest BCUT2D eigenvalue weighted by Gasteiger charge is 2.36. The van der Waals surface area contributed by atoms with E-state index in [1.807, 2.05) is 0 Å². The Labute approximate surface area is 133 Å². The van der Waals surface area contributed by atoms with Crippen molar-refractivity contribution in [2.75, 3.05) is 40.3 Å². The molecule has 0 aromatic carbocycles. The van der Waals surface area contributed by atoms with Crippen molar-refractivity contribution in [3.63, 3.8) is 0 Å². The number of rotatable bonds is 7. The second-order valence-electron chi connectivity index (χ2n) is 8.51. The van der Waals surface area contributed by atoms with Crippen LogP contribution in [0.2, 0.25) is 0 Å². The van der Waals surface area contributed by atoms with Gasteiger partial charge in [0.25, 0.3) is 0 Å². The van der Waals surface area contributed by atoms with E-state index < -0.39 is 0 Å². The van der Waals surface area contributed by atoms with Crippen molar-refractivity contribution in [3.05, 3.63) is 0 Å². The quantitative estimate of drug-likeness (QED) is 0.779. The van der Waals surface area contributed by atoms with Gasteiger partial charge in [-0.1, -0.05) is 20.8 Å². The maximum absolute atomic E-state index is 3.75. The highest BCUT2D eigenvalue weighted by atomic mass is 15.2. The van der Waals surface area contributed by atoms with Crippen molar-refractivity contribution in [1.29, 1.82) is 0 Å². The van der Waals surface area contributed by atoms with E-state index in [2.05, 4.69) is 70.8 Å². The first-order chi connectivity index (χ1) is 9.62. The summed E-state index contributed by atoms with van der Waals surface area (Å²) in [6, 6.07) is 0.715. The molecule has 3 nitrogen and oxygen atoms in total. The predicted molar refractivity (Wildman–Crippen MR) is 93.8 cm³/mol. The normalized spacial score (nSPS) is 25.0. The maximum Gasteiger partial charge on any atom is 0.0254 e. The van der Waals surface area contributed by atoms with E-state index in [9.17, 15) is 0 Å². The van der Waals surface area contributed by atoms with Crippen LogP contribution < -0.4 is 5.32 Å². The van der Waals surface area contributed by atoms with Gasteiger partial charge in [-0.25, -0.2) is 0 Å². The minimum atomic E-state index is 0.208. The summed E-state index contributed by atoms with van der Waals surface area (Å²) < 4.78 is 0. The molecule has 2 unspecified atom stereocenters. The molecule has 1 fully saturated rings. The molecule has 0 aromatic rings. The zero-order valence-corrected chi connectivity index (χ0v) is 15.8. The van der Waals surface area contributed by atoms with Crippen molar-refractivity contribution in [3.8, 4) is 0 Å². The van der Waals surface area contributed by atoms with Gasteiger partial charge in [-0.15, -0.1) is 0 Å². The van der Waals surface area contributed by atoms with Crippen molar-refractivity contribution in [2.45, 2.75) is 66.0 Å². The molecule has 0 radical (unpaired) electrons. The lowest BCUT2D eigenvalue weighted by Crippen LogP contribution is -2.48. The molecule has 1 N–H and O–H groups in total. The lowest BCUT2D eigenvalue weighted by Gasteiger charge is -2.38. The van der Waals surface area contributed by atoms with Crippen molar-refractivity contribution >= 4 is 0 Å². The number of likely N-dealkylation sites (tertiary alicyclic amines) is 1. The highest BCUT2D eigenvalue weighted by molar-refractivity contribution is 4.92. The van der Waals surface area contributed by atoms with Crippen molar-refractivity contribution in [1.82, 2.24) is 15.1 Å². The van der Waals surface area contributed by atoms with E-state index in [1.165, 1.54) is 32.5 Å². The van der Waals surface area contributed by atoms with E-state index >= 15 is 0 Å². The number of hydrogen-bond donors (Lipinski definition) is 1. The summed E-state index contributed by atoms with van der Waals surface area (Å²) >= 11 is 0. The van der Waals surface area contributed by atoms with Crippen LogP contribution >= 0.6 is 0 Å². The lowest BCUT2D eigenvalue weighted by molar-refractivity contribution is 0.137. The van der Waals surface area contributed by atoms with Gasteiger partial charge in [0.05, 0.1) is 0 Å². The van der Waals surface area contributed by atoms with Gasteiger partial charge in [-0.3, -0.25) is 0 Å². The Balaban J connectivity index is 2.66. The third kappa shape index (κ3) is 5.54. The van der Waals surface area contributed by atoms with Crippen LogP contribution in [0.5, 0.6) is 0 Å². The molecule has 0 spiro atoms. The van der Waals surface area contributed by atoms with Gasteiger partial charge in [0.15, 0.2) is 0 Å². The maximum atomic E-state index is 3.75. The lowest BCUT2D eigenvalue weighted by atomic mass is 9.81. The molecular weight excluding hydrogens is 258 g/mol. The molecule has 1 rings (SSSR count). The van der Waals surface area contributed by atoms with Gasteiger partial charge < -0.3 is 15.1 Å². The van der Waals surface area contributed by atoms with Gasteiger partial charge in [0.1, 0.15) is 0 Å². The van der Waals surface area contributed by atoms with Gasteiger partial charge in [0, 0.05) is 37.8 Å². The van der Waals surface area contributed by atoms with E-state index in [0.717, 1.165) is 12.5 Å². The molecule has 21 heavy (non-hydrogen) atoms. The summed E-state index contributed by atoms with van der Waals surface area (Å²) in [4.78, 5) is 5.10. The van der Waals surface area contributed by atoms with Crippen LogP contribution in [-0.4, -0.2) is 61.7 Å². The van der Waals surface area contributed by atoms with Crippen LogP contribution in [0.4, 0.5) is 0 Å². The smallest absolute Gasteiger partial charge is 0.0254 e. The first kappa shape index (κ1) is 18.9. The van der Waals surface area contributed by atoms with Crippen LogP contribution in [0.3, 0.4) is 0 Å². The average molecular weight is 298 g/mol. The molecule has 0 bridgehead atoms. The van der Waals surface area contributed by atoms with Crippen LogP contribution in [0.15, 0.2) is 0 Å². The monoisotopic (exact) mass is 297 g/mol. The second-order valence-corrected chi connectivity index (χ2v) is 8.51. The molecule has 2 atom stereocenters. The molecule has 0 saturated carbocycles. The van der Waals surface area contributed by atoms with Crippen LogP contribution in [0.25, 0.3) is 0 Å². The first-order valence-corrected chi connectivity index (χ1v) is 8.76. The van der Waals surface area contributed by atoms with Crippen molar-refractivity contribution < 1.29 is 0 Å². The molecule has 0 amide bonds. The van der Waals surface area contributed by atoms with E-state index in [0.29, 0.717) is 11.5 Å². The number of hydrogen-bond acceptors (Lipinski definition) is 3. The summed E-state index contributed by atoms with van der Waals surface area (Å²) in [5, 5.41) is 3.75.